The van der Waals surface area contributed by atoms with Gasteiger partial charge in [-0.15, -0.1) is 0 Å². The summed E-state index contributed by atoms with van der Waals surface area (Å²) in [5, 5.41) is 0. The molecule has 0 unspecified atom stereocenters. The lowest BCUT2D eigenvalue weighted by atomic mass is 10.3. The minimum atomic E-state index is -0.719. The largest absolute Gasteiger partial charge is 0.454 e. The lowest BCUT2D eigenvalue weighted by molar-refractivity contribution is -0.146. The highest BCUT2D eigenvalue weighted by Gasteiger charge is 2.10. The smallest absolute Gasteiger partial charge is 0.333 e. The van der Waals surface area contributed by atoms with Gasteiger partial charge in [-0.25, -0.2) is 4.79 Å². The average molecular weight is 226 g/mol. The van der Waals surface area contributed by atoms with Crippen LogP contribution in [0, 0.1) is 0 Å². The number of hydrogen-bond donors (Lipinski definition) is 0. The first-order valence-corrected chi connectivity index (χ1v) is 4.53. The molecule has 0 bridgehead atoms. The summed E-state index contributed by atoms with van der Waals surface area (Å²) in [5.41, 5.74) is 0.239. The first kappa shape index (κ1) is 14.1. The summed E-state index contributed by atoms with van der Waals surface area (Å²) in [6.07, 6.45) is -0.326. The number of rotatable bonds is 6. The van der Waals surface area contributed by atoms with Crippen LogP contribution in [0.25, 0.3) is 0 Å². The Morgan fingerprint density at radius 3 is 2.12 bits per heavy atom. The molecule has 0 heterocycles. The van der Waals surface area contributed by atoms with Crippen LogP contribution >= 0.6 is 0 Å². The average Bonchev–Trinajstić information content (AvgIpc) is 2.12. The quantitative estimate of drug-likeness (QED) is 0.294. The lowest BCUT2D eigenvalue weighted by Gasteiger charge is -2.07. The summed E-state index contributed by atoms with van der Waals surface area (Å²) in [6, 6.07) is 0. The number of hydrogen-bond acceptors (Lipinski definition) is 5. The number of esters is 2. The summed E-state index contributed by atoms with van der Waals surface area (Å²) in [5.74, 6) is -1.65. The SMILES string of the molecule is C=C(COC(=O)C(=C)C)OC(=O)CC(C)=O. The molecule has 0 saturated carbocycles. The molecule has 0 spiro atoms. The Labute approximate surface area is 93.7 Å². The fraction of sp³-hybridized carbons (Fsp3) is 0.364. The molecule has 0 atom stereocenters. The van der Waals surface area contributed by atoms with Gasteiger partial charge in [0.15, 0.2) is 0 Å². The monoisotopic (exact) mass is 226 g/mol. The molecule has 0 aromatic carbocycles. The zero-order chi connectivity index (χ0) is 12.7. The first-order valence-electron chi connectivity index (χ1n) is 4.53. The van der Waals surface area contributed by atoms with E-state index in [9.17, 15) is 14.4 Å². The van der Waals surface area contributed by atoms with Gasteiger partial charge in [-0.2, -0.15) is 0 Å². The molecule has 0 radical (unpaired) electrons. The molecule has 0 aliphatic carbocycles. The van der Waals surface area contributed by atoms with Crippen LogP contribution in [-0.2, 0) is 23.9 Å². The highest BCUT2D eigenvalue weighted by Crippen LogP contribution is 2.01. The molecule has 0 amide bonds. The van der Waals surface area contributed by atoms with E-state index in [1.807, 2.05) is 0 Å². The van der Waals surface area contributed by atoms with Crippen LogP contribution in [0.15, 0.2) is 24.5 Å². The van der Waals surface area contributed by atoms with Crippen molar-refractivity contribution in [2.75, 3.05) is 6.61 Å². The van der Waals surface area contributed by atoms with Gasteiger partial charge in [0.05, 0.1) is 0 Å². The Morgan fingerprint density at radius 2 is 1.69 bits per heavy atom. The van der Waals surface area contributed by atoms with E-state index in [0.29, 0.717) is 0 Å². The van der Waals surface area contributed by atoms with Crippen molar-refractivity contribution in [1.29, 1.82) is 0 Å². The normalized spacial score (nSPS) is 9.12. The first-order chi connectivity index (χ1) is 7.32. The third-order valence-electron chi connectivity index (χ3n) is 1.36. The standard InChI is InChI=1S/C11H14O5/c1-7(2)11(14)15-6-9(4)16-10(13)5-8(3)12/h1,4-6H2,2-3H3. The fourth-order valence-corrected chi connectivity index (χ4v) is 0.699. The number of carbonyl (C=O) groups is 3. The summed E-state index contributed by atoms with van der Waals surface area (Å²) in [6.45, 7) is 9.27. The molecule has 0 N–H and O–H groups in total. The van der Waals surface area contributed by atoms with Gasteiger partial charge >= 0.3 is 11.9 Å². The Kier molecular flexibility index (Phi) is 5.77. The van der Waals surface area contributed by atoms with E-state index in [2.05, 4.69) is 22.6 Å². The Balaban J connectivity index is 3.92. The minimum Gasteiger partial charge on any atom is -0.454 e. The van der Waals surface area contributed by atoms with Crippen molar-refractivity contribution in [3.05, 3.63) is 24.5 Å². The van der Waals surface area contributed by atoms with Crippen LogP contribution < -0.4 is 0 Å². The zero-order valence-corrected chi connectivity index (χ0v) is 9.37. The fourth-order valence-electron chi connectivity index (χ4n) is 0.699. The number of ether oxygens (including phenoxy) is 2. The molecular weight excluding hydrogens is 212 g/mol. The maximum Gasteiger partial charge on any atom is 0.333 e. The van der Waals surface area contributed by atoms with Gasteiger partial charge in [0.1, 0.15) is 24.6 Å². The molecular formula is C11H14O5. The van der Waals surface area contributed by atoms with E-state index in [1.54, 1.807) is 0 Å². The number of Topliss-reactive ketones (excluding diaryl/α,β-unsaturated/α-hetero) is 1. The highest BCUT2D eigenvalue weighted by atomic mass is 16.6. The Morgan fingerprint density at radius 1 is 1.12 bits per heavy atom. The third kappa shape index (κ3) is 6.53. The molecule has 5 nitrogen and oxygen atoms in total. The molecule has 0 aliphatic rings. The highest BCUT2D eigenvalue weighted by molar-refractivity contribution is 5.94. The second kappa shape index (κ2) is 6.55. The van der Waals surface area contributed by atoms with E-state index in [4.69, 9.17) is 0 Å². The maximum absolute atomic E-state index is 11.0. The predicted octanol–water partition coefficient (Wildman–Crippen LogP) is 1.14. The van der Waals surface area contributed by atoms with E-state index in [0.717, 1.165) is 0 Å². The lowest BCUT2D eigenvalue weighted by Crippen LogP contribution is -2.13. The van der Waals surface area contributed by atoms with Crippen LogP contribution in [0.1, 0.15) is 20.3 Å². The van der Waals surface area contributed by atoms with E-state index < -0.39 is 11.9 Å². The van der Waals surface area contributed by atoms with E-state index in [1.165, 1.54) is 13.8 Å². The van der Waals surface area contributed by atoms with Gasteiger partial charge in [0.2, 0.25) is 0 Å². The van der Waals surface area contributed by atoms with Crippen molar-refractivity contribution in [2.24, 2.45) is 0 Å². The van der Waals surface area contributed by atoms with Gasteiger partial charge in [0.25, 0.3) is 0 Å². The molecule has 0 aromatic heterocycles. The number of carbonyl (C=O) groups excluding carboxylic acids is 3. The summed E-state index contributed by atoms with van der Waals surface area (Å²) < 4.78 is 9.30. The van der Waals surface area contributed by atoms with Gasteiger partial charge in [-0.05, 0) is 13.8 Å². The zero-order valence-electron chi connectivity index (χ0n) is 9.37. The van der Waals surface area contributed by atoms with Crippen molar-refractivity contribution in [2.45, 2.75) is 20.3 Å². The van der Waals surface area contributed by atoms with Crippen LogP contribution in [0.3, 0.4) is 0 Å². The van der Waals surface area contributed by atoms with E-state index >= 15 is 0 Å². The molecule has 0 aliphatic heterocycles. The van der Waals surface area contributed by atoms with Crippen molar-refractivity contribution >= 4 is 17.7 Å². The van der Waals surface area contributed by atoms with E-state index in [-0.39, 0.29) is 30.1 Å². The predicted molar refractivity (Wildman–Crippen MR) is 56.3 cm³/mol. The van der Waals surface area contributed by atoms with Gasteiger partial charge < -0.3 is 9.47 Å². The van der Waals surface area contributed by atoms with Gasteiger partial charge in [0, 0.05) is 5.57 Å². The van der Waals surface area contributed by atoms with Crippen LogP contribution in [0.5, 0.6) is 0 Å². The van der Waals surface area contributed by atoms with Crippen molar-refractivity contribution < 1.29 is 23.9 Å². The Hall–Kier alpha value is -1.91. The molecule has 0 aromatic rings. The van der Waals surface area contributed by atoms with Crippen molar-refractivity contribution in [3.8, 4) is 0 Å². The van der Waals surface area contributed by atoms with Crippen molar-refractivity contribution in [3.63, 3.8) is 0 Å². The summed E-state index contributed by atoms with van der Waals surface area (Å²) in [7, 11) is 0. The Bertz CT molecular complexity index is 340. The van der Waals surface area contributed by atoms with Crippen LogP contribution in [0.4, 0.5) is 0 Å². The molecule has 5 heteroatoms. The summed E-state index contributed by atoms with van der Waals surface area (Å²) >= 11 is 0. The summed E-state index contributed by atoms with van der Waals surface area (Å²) in [4.78, 5) is 32.5. The second-order valence-corrected chi connectivity index (χ2v) is 3.25. The number of ketones is 1. The molecule has 0 fully saturated rings. The van der Waals surface area contributed by atoms with Crippen molar-refractivity contribution in [1.82, 2.24) is 0 Å². The maximum atomic E-state index is 11.0. The molecule has 88 valence electrons. The van der Waals surface area contributed by atoms with Crippen LogP contribution in [-0.4, -0.2) is 24.3 Å². The molecule has 16 heavy (non-hydrogen) atoms. The molecule has 0 saturated heterocycles. The van der Waals surface area contributed by atoms with Crippen LogP contribution in [0.2, 0.25) is 0 Å². The molecule has 0 rings (SSSR count). The van der Waals surface area contributed by atoms with Gasteiger partial charge in [-0.1, -0.05) is 13.2 Å². The third-order valence-corrected chi connectivity index (χ3v) is 1.36. The second-order valence-electron chi connectivity index (χ2n) is 3.25. The topological polar surface area (TPSA) is 69.7 Å². The minimum absolute atomic E-state index is 0.0270. The van der Waals surface area contributed by atoms with Gasteiger partial charge in [-0.3, -0.25) is 9.59 Å².